The van der Waals surface area contributed by atoms with Gasteiger partial charge in [0.25, 0.3) is 0 Å². The fourth-order valence-corrected chi connectivity index (χ4v) is 4.55. The van der Waals surface area contributed by atoms with Crippen molar-refractivity contribution in [3.8, 4) is 0 Å². The summed E-state index contributed by atoms with van der Waals surface area (Å²) in [5.41, 5.74) is 2.09. The zero-order valence-corrected chi connectivity index (χ0v) is 16.5. The number of esters is 1. The summed E-state index contributed by atoms with van der Waals surface area (Å²) in [4.78, 5) is 38.3. The van der Waals surface area contributed by atoms with Crippen LogP contribution >= 0.6 is 0 Å². The molecule has 3 rings (SSSR count). The Hall–Kier alpha value is -2.94. The van der Waals surface area contributed by atoms with Crippen LogP contribution in [0.5, 0.6) is 0 Å². The number of carbonyl (C=O) groups is 3. The van der Waals surface area contributed by atoms with Crippen LogP contribution in [0, 0.1) is 0 Å². The van der Waals surface area contributed by atoms with Crippen molar-refractivity contribution in [2.45, 2.75) is 26.3 Å². The third-order valence-electron chi connectivity index (χ3n) is 4.56. The third-order valence-corrected chi connectivity index (χ3v) is 5.83. The Morgan fingerprint density at radius 2 is 1.93 bits per heavy atom. The van der Waals surface area contributed by atoms with E-state index in [1.165, 1.54) is 29.6 Å². The number of Topliss-reactive ketones (excluding diaryl/α,β-unsaturated/α-hetero) is 2. The zero-order chi connectivity index (χ0) is 20.6. The Labute approximate surface area is 162 Å². The molecule has 0 saturated heterocycles. The van der Waals surface area contributed by atoms with Crippen molar-refractivity contribution in [2.24, 2.45) is 0 Å². The van der Waals surface area contributed by atoms with Crippen molar-refractivity contribution in [2.75, 3.05) is 17.2 Å². The number of nitrogens with zero attached hydrogens (tertiary/aromatic N) is 1. The van der Waals surface area contributed by atoms with Crippen LogP contribution in [0.4, 0.5) is 5.69 Å². The molecule has 0 bridgehead atoms. The van der Waals surface area contributed by atoms with E-state index < -0.39 is 28.4 Å². The van der Waals surface area contributed by atoms with Gasteiger partial charge in [-0.2, -0.15) is 0 Å². The summed E-state index contributed by atoms with van der Waals surface area (Å²) in [7, 11) is -3.40. The topological polar surface area (TPSA) is 114 Å². The SMILES string of the molecule is CC(=O)c1c[nH]c(C(=O)OCC(=O)c2ccc3c(c2)C[C@@H](C)N3S(C)(=O)=O)c1. The van der Waals surface area contributed by atoms with Crippen molar-refractivity contribution in [1.82, 2.24) is 4.98 Å². The summed E-state index contributed by atoms with van der Waals surface area (Å²) in [6.45, 7) is 2.72. The molecule has 2 heterocycles. The van der Waals surface area contributed by atoms with Gasteiger partial charge in [-0.3, -0.25) is 13.9 Å². The minimum Gasteiger partial charge on any atom is -0.453 e. The van der Waals surface area contributed by atoms with E-state index in [2.05, 4.69) is 4.98 Å². The first-order chi connectivity index (χ1) is 13.1. The average molecular weight is 404 g/mol. The highest BCUT2D eigenvalue weighted by atomic mass is 32.2. The molecular weight excluding hydrogens is 384 g/mol. The van der Waals surface area contributed by atoms with Gasteiger partial charge in [-0.05, 0) is 50.1 Å². The maximum atomic E-state index is 12.4. The Balaban J connectivity index is 1.70. The Morgan fingerprint density at radius 1 is 1.21 bits per heavy atom. The minimum atomic E-state index is -3.40. The van der Waals surface area contributed by atoms with E-state index in [1.807, 2.05) is 0 Å². The predicted octanol–water partition coefficient (Wildman–Crippen LogP) is 1.97. The highest BCUT2D eigenvalue weighted by Crippen LogP contribution is 2.34. The molecule has 28 heavy (non-hydrogen) atoms. The highest BCUT2D eigenvalue weighted by Gasteiger charge is 2.32. The van der Waals surface area contributed by atoms with Crippen LogP contribution in [0.25, 0.3) is 0 Å². The largest absolute Gasteiger partial charge is 0.453 e. The fraction of sp³-hybridized carbons (Fsp3) is 0.316. The normalized spacial score (nSPS) is 16.0. The van der Waals surface area contributed by atoms with E-state index in [0.717, 1.165) is 11.8 Å². The number of hydrogen-bond acceptors (Lipinski definition) is 6. The number of H-pyrrole nitrogens is 1. The molecule has 1 aliphatic heterocycles. The molecular formula is C19H20N2O6S. The number of rotatable bonds is 6. The van der Waals surface area contributed by atoms with Crippen molar-refractivity contribution >= 4 is 33.2 Å². The van der Waals surface area contributed by atoms with Crippen LogP contribution in [0.2, 0.25) is 0 Å². The van der Waals surface area contributed by atoms with Gasteiger partial charge in [0.05, 0.1) is 11.9 Å². The smallest absolute Gasteiger partial charge is 0.355 e. The van der Waals surface area contributed by atoms with Gasteiger partial charge in [0.15, 0.2) is 18.2 Å². The van der Waals surface area contributed by atoms with Crippen LogP contribution in [0.1, 0.15) is 50.6 Å². The first kappa shape index (κ1) is 19.8. The molecule has 1 N–H and O–H groups in total. The lowest BCUT2D eigenvalue weighted by atomic mass is 10.0. The quantitative estimate of drug-likeness (QED) is 0.582. The molecule has 1 atom stereocenters. The van der Waals surface area contributed by atoms with Crippen molar-refractivity contribution in [1.29, 1.82) is 0 Å². The van der Waals surface area contributed by atoms with E-state index >= 15 is 0 Å². The van der Waals surface area contributed by atoms with Crippen LogP contribution in [0.15, 0.2) is 30.5 Å². The van der Waals surface area contributed by atoms with E-state index in [1.54, 1.807) is 19.1 Å². The highest BCUT2D eigenvalue weighted by molar-refractivity contribution is 7.92. The standard InChI is InChI=1S/C19H20N2O6S/c1-11-6-14-7-13(4-5-17(14)21(11)28(3,25)26)18(23)10-27-19(24)16-8-15(9-20-16)12(2)22/h4-5,7-9,11,20H,6,10H2,1-3H3/t11-/m1/s1. The first-order valence-corrected chi connectivity index (χ1v) is 10.4. The Morgan fingerprint density at radius 3 is 2.54 bits per heavy atom. The van der Waals surface area contributed by atoms with Crippen molar-refractivity contribution in [3.05, 3.63) is 52.8 Å². The number of fused-ring (bicyclic) bond motifs is 1. The summed E-state index contributed by atoms with van der Waals surface area (Å²) in [5, 5.41) is 0. The summed E-state index contributed by atoms with van der Waals surface area (Å²) >= 11 is 0. The van der Waals surface area contributed by atoms with Crippen LogP contribution in [0.3, 0.4) is 0 Å². The molecule has 0 amide bonds. The second kappa shape index (κ2) is 7.23. The molecule has 1 aromatic heterocycles. The van der Waals surface area contributed by atoms with E-state index in [9.17, 15) is 22.8 Å². The Bertz CT molecular complexity index is 1070. The Kier molecular flexibility index (Phi) is 5.12. The number of nitrogens with one attached hydrogen (secondary N) is 1. The van der Waals surface area contributed by atoms with Gasteiger partial charge in [0.2, 0.25) is 10.0 Å². The molecule has 0 aliphatic carbocycles. The molecule has 0 radical (unpaired) electrons. The van der Waals surface area contributed by atoms with Gasteiger partial charge in [0.1, 0.15) is 5.69 Å². The molecule has 2 aromatic rings. The van der Waals surface area contributed by atoms with E-state index in [-0.39, 0.29) is 17.5 Å². The maximum absolute atomic E-state index is 12.4. The zero-order valence-electron chi connectivity index (χ0n) is 15.7. The summed E-state index contributed by atoms with van der Waals surface area (Å²) in [5.74, 6) is -1.33. The number of benzene rings is 1. The number of hydrogen-bond donors (Lipinski definition) is 1. The van der Waals surface area contributed by atoms with Crippen LogP contribution in [-0.2, 0) is 21.2 Å². The van der Waals surface area contributed by atoms with Gasteiger partial charge in [0, 0.05) is 23.4 Å². The predicted molar refractivity (Wildman–Crippen MR) is 102 cm³/mol. The number of sulfonamides is 1. The molecule has 0 saturated carbocycles. The second-order valence-corrected chi connectivity index (χ2v) is 8.67. The molecule has 8 nitrogen and oxygen atoms in total. The lowest BCUT2D eigenvalue weighted by Gasteiger charge is -2.21. The number of ether oxygens (including phenoxy) is 1. The van der Waals surface area contributed by atoms with Gasteiger partial charge in [-0.25, -0.2) is 13.2 Å². The van der Waals surface area contributed by atoms with Gasteiger partial charge in [-0.1, -0.05) is 0 Å². The summed E-state index contributed by atoms with van der Waals surface area (Å²) in [6.07, 6.45) is 3.05. The number of carbonyl (C=O) groups excluding carboxylic acids is 3. The number of ketones is 2. The second-order valence-electron chi connectivity index (χ2n) is 6.81. The van der Waals surface area contributed by atoms with Crippen LogP contribution < -0.4 is 4.31 Å². The van der Waals surface area contributed by atoms with Gasteiger partial charge >= 0.3 is 5.97 Å². The number of aromatic nitrogens is 1. The molecule has 0 fully saturated rings. The van der Waals surface area contributed by atoms with Gasteiger partial charge in [-0.15, -0.1) is 0 Å². The summed E-state index contributed by atoms with van der Waals surface area (Å²) in [6, 6.07) is 5.89. The molecule has 148 valence electrons. The van der Waals surface area contributed by atoms with Crippen LogP contribution in [-0.4, -0.2) is 49.8 Å². The first-order valence-electron chi connectivity index (χ1n) is 8.60. The third kappa shape index (κ3) is 3.84. The molecule has 0 spiro atoms. The number of aromatic amines is 1. The minimum absolute atomic E-state index is 0.0876. The lowest BCUT2D eigenvalue weighted by Crippen LogP contribution is -2.34. The maximum Gasteiger partial charge on any atom is 0.355 e. The van der Waals surface area contributed by atoms with E-state index in [4.69, 9.17) is 4.74 Å². The lowest BCUT2D eigenvalue weighted by molar-refractivity contribution is 0.0469. The summed E-state index contributed by atoms with van der Waals surface area (Å²) < 4.78 is 30.3. The van der Waals surface area contributed by atoms with Crippen molar-refractivity contribution < 1.29 is 27.5 Å². The van der Waals surface area contributed by atoms with Crippen molar-refractivity contribution in [3.63, 3.8) is 0 Å². The monoisotopic (exact) mass is 404 g/mol. The van der Waals surface area contributed by atoms with Gasteiger partial charge < -0.3 is 9.72 Å². The number of anilines is 1. The van der Waals surface area contributed by atoms with E-state index in [0.29, 0.717) is 23.2 Å². The molecule has 1 aliphatic rings. The fourth-order valence-electron chi connectivity index (χ4n) is 3.29. The molecule has 1 aromatic carbocycles. The average Bonchev–Trinajstić information content (AvgIpc) is 3.21. The molecule has 0 unspecified atom stereocenters. The molecule has 9 heteroatoms.